The first-order valence-electron chi connectivity index (χ1n) is 6.81. The van der Waals surface area contributed by atoms with Crippen molar-refractivity contribution in [2.24, 2.45) is 0 Å². The van der Waals surface area contributed by atoms with E-state index in [4.69, 9.17) is 4.74 Å². The predicted molar refractivity (Wildman–Crippen MR) is 81.3 cm³/mol. The Kier molecular flexibility index (Phi) is 4.72. The molecule has 1 aliphatic heterocycles. The number of nitrogens with one attached hydrogen (secondary N) is 2. The van der Waals surface area contributed by atoms with E-state index in [2.05, 4.69) is 10.6 Å². The molecule has 1 aromatic carbocycles. The number of rotatable bonds is 5. The summed E-state index contributed by atoms with van der Waals surface area (Å²) in [5, 5.41) is 5.84. The maximum atomic E-state index is 12.1. The van der Waals surface area contributed by atoms with Gasteiger partial charge in [-0.15, -0.1) is 0 Å². The van der Waals surface area contributed by atoms with Crippen LogP contribution in [0.15, 0.2) is 24.3 Å². The summed E-state index contributed by atoms with van der Waals surface area (Å²) in [6.07, 6.45) is 0.482. The quantitative estimate of drug-likeness (QED) is 0.840. The molecule has 6 nitrogen and oxygen atoms in total. The Morgan fingerprint density at radius 1 is 1.38 bits per heavy atom. The number of sulfone groups is 1. The van der Waals surface area contributed by atoms with E-state index in [0.717, 1.165) is 5.69 Å². The van der Waals surface area contributed by atoms with Crippen LogP contribution in [-0.4, -0.2) is 45.0 Å². The molecule has 116 valence electrons. The second-order valence-electron chi connectivity index (χ2n) is 5.17. The Morgan fingerprint density at radius 3 is 2.71 bits per heavy atom. The van der Waals surface area contributed by atoms with Crippen LogP contribution in [-0.2, 0) is 14.6 Å². The van der Waals surface area contributed by atoms with E-state index in [1.54, 1.807) is 20.1 Å². The van der Waals surface area contributed by atoms with Crippen molar-refractivity contribution < 1.29 is 17.9 Å². The van der Waals surface area contributed by atoms with Gasteiger partial charge in [0.05, 0.1) is 24.3 Å². The van der Waals surface area contributed by atoms with Crippen LogP contribution in [0.5, 0.6) is 5.75 Å². The van der Waals surface area contributed by atoms with Gasteiger partial charge in [0.1, 0.15) is 11.8 Å². The van der Waals surface area contributed by atoms with Gasteiger partial charge in [-0.05, 0) is 25.5 Å². The number of para-hydroxylation sites is 2. The fourth-order valence-corrected chi connectivity index (χ4v) is 3.97. The second kappa shape index (κ2) is 6.34. The van der Waals surface area contributed by atoms with Crippen molar-refractivity contribution in [2.75, 3.05) is 23.9 Å². The molecule has 0 radical (unpaired) electrons. The third kappa shape index (κ3) is 4.10. The summed E-state index contributed by atoms with van der Waals surface area (Å²) in [4.78, 5) is 12.1. The van der Waals surface area contributed by atoms with Gasteiger partial charge in [0.25, 0.3) is 0 Å². The van der Waals surface area contributed by atoms with Crippen molar-refractivity contribution in [1.82, 2.24) is 5.32 Å². The lowest BCUT2D eigenvalue weighted by atomic mass is 10.2. The van der Waals surface area contributed by atoms with E-state index >= 15 is 0 Å². The van der Waals surface area contributed by atoms with Crippen molar-refractivity contribution in [2.45, 2.75) is 25.4 Å². The highest BCUT2D eigenvalue weighted by atomic mass is 32.2. The molecule has 2 N–H and O–H groups in total. The standard InChI is InChI=1S/C14H20N2O4S/c1-10(15-12-5-3-4-6-13(12)20-2)14(17)16-11-7-8-21(18,19)9-11/h3-6,10-11,15H,7-9H2,1-2H3,(H,16,17). The molecule has 0 bridgehead atoms. The second-order valence-corrected chi connectivity index (χ2v) is 7.40. The molecule has 0 aromatic heterocycles. The monoisotopic (exact) mass is 312 g/mol. The van der Waals surface area contributed by atoms with Gasteiger partial charge < -0.3 is 15.4 Å². The number of hydrogen-bond donors (Lipinski definition) is 2. The minimum Gasteiger partial charge on any atom is -0.495 e. The van der Waals surface area contributed by atoms with Gasteiger partial charge in [0.2, 0.25) is 5.91 Å². The average Bonchev–Trinajstić information content (AvgIpc) is 2.78. The molecular weight excluding hydrogens is 292 g/mol. The molecule has 1 saturated heterocycles. The first-order valence-corrected chi connectivity index (χ1v) is 8.64. The first-order chi connectivity index (χ1) is 9.91. The molecule has 2 atom stereocenters. The van der Waals surface area contributed by atoms with Crippen LogP contribution in [0.1, 0.15) is 13.3 Å². The van der Waals surface area contributed by atoms with Crippen molar-refractivity contribution in [1.29, 1.82) is 0 Å². The normalized spacial score (nSPS) is 21.5. The minimum absolute atomic E-state index is 0.0279. The molecule has 7 heteroatoms. The van der Waals surface area contributed by atoms with Crippen LogP contribution in [0, 0.1) is 0 Å². The molecule has 2 unspecified atom stereocenters. The van der Waals surface area contributed by atoms with Gasteiger partial charge >= 0.3 is 0 Å². The maximum absolute atomic E-state index is 12.1. The maximum Gasteiger partial charge on any atom is 0.242 e. The van der Waals surface area contributed by atoms with E-state index in [-0.39, 0.29) is 23.5 Å². The smallest absolute Gasteiger partial charge is 0.242 e. The van der Waals surface area contributed by atoms with Crippen molar-refractivity contribution >= 4 is 21.4 Å². The number of benzene rings is 1. The lowest BCUT2D eigenvalue weighted by molar-refractivity contribution is -0.122. The summed E-state index contributed by atoms with van der Waals surface area (Å²) >= 11 is 0. The molecule has 2 rings (SSSR count). The molecule has 0 aliphatic carbocycles. The van der Waals surface area contributed by atoms with Gasteiger partial charge in [-0.25, -0.2) is 8.42 Å². The fraction of sp³-hybridized carbons (Fsp3) is 0.500. The SMILES string of the molecule is COc1ccccc1NC(C)C(=O)NC1CCS(=O)(=O)C1. The fourth-order valence-electron chi connectivity index (χ4n) is 2.30. The van der Waals surface area contributed by atoms with E-state index in [1.807, 2.05) is 18.2 Å². The third-order valence-electron chi connectivity index (χ3n) is 3.45. The third-order valence-corrected chi connectivity index (χ3v) is 5.22. The Morgan fingerprint density at radius 2 is 2.10 bits per heavy atom. The van der Waals surface area contributed by atoms with Gasteiger partial charge in [-0.2, -0.15) is 0 Å². The highest BCUT2D eigenvalue weighted by molar-refractivity contribution is 7.91. The molecule has 1 aliphatic rings. The Balaban J connectivity index is 1.94. The molecule has 1 aromatic rings. The average molecular weight is 312 g/mol. The number of amides is 1. The van der Waals surface area contributed by atoms with Crippen molar-refractivity contribution in [3.63, 3.8) is 0 Å². The van der Waals surface area contributed by atoms with Gasteiger partial charge in [0, 0.05) is 6.04 Å². The Bertz CT molecular complexity index is 615. The van der Waals surface area contributed by atoms with Crippen LogP contribution >= 0.6 is 0 Å². The van der Waals surface area contributed by atoms with E-state index in [9.17, 15) is 13.2 Å². The predicted octanol–water partition coefficient (Wildman–Crippen LogP) is 0.799. The van der Waals surface area contributed by atoms with Gasteiger partial charge in [-0.1, -0.05) is 12.1 Å². The highest BCUT2D eigenvalue weighted by Gasteiger charge is 2.30. The Hall–Kier alpha value is -1.76. The Labute approximate surface area is 124 Å². The van der Waals surface area contributed by atoms with Gasteiger partial charge in [0.15, 0.2) is 9.84 Å². The largest absolute Gasteiger partial charge is 0.495 e. The van der Waals surface area contributed by atoms with Crippen LogP contribution in [0.25, 0.3) is 0 Å². The molecule has 0 spiro atoms. The lowest BCUT2D eigenvalue weighted by Crippen LogP contribution is -2.43. The minimum atomic E-state index is -2.99. The molecule has 1 amide bonds. The molecule has 0 saturated carbocycles. The summed E-state index contributed by atoms with van der Waals surface area (Å²) < 4.78 is 28.0. The van der Waals surface area contributed by atoms with E-state index < -0.39 is 15.9 Å². The summed E-state index contributed by atoms with van der Waals surface area (Å²) in [6.45, 7) is 1.73. The topological polar surface area (TPSA) is 84.5 Å². The molecule has 1 heterocycles. The van der Waals surface area contributed by atoms with E-state index in [1.165, 1.54) is 0 Å². The number of hydrogen-bond acceptors (Lipinski definition) is 5. The zero-order chi connectivity index (χ0) is 15.5. The summed E-state index contributed by atoms with van der Waals surface area (Å²) in [6, 6.07) is 6.55. The number of anilines is 1. The van der Waals surface area contributed by atoms with Crippen LogP contribution in [0.2, 0.25) is 0 Å². The van der Waals surface area contributed by atoms with Crippen LogP contribution in [0.4, 0.5) is 5.69 Å². The van der Waals surface area contributed by atoms with Crippen molar-refractivity contribution in [3.8, 4) is 5.75 Å². The van der Waals surface area contributed by atoms with Crippen LogP contribution in [0.3, 0.4) is 0 Å². The molecular formula is C14H20N2O4S. The number of ether oxygens (including phenoxy) is 1. The highest BCUT2D eigenvalue weighted by Crippen LogP contribution is 2.23. The van der Waals surface area contributed by atoms with Gasteiger partial charge in [-0.3, -0.25) is 4.79 Å². The summed E-state index contributed by atoms with van der Waals surface area (Å²) in [7, 11) is -1.43. The number of carbonyl (C=O) groups is 1. The number of methoxy groups -OCH3 is 1. The van der Waals surface area contributed by atoms with E-state index in [0.29, 0.717) is 12.2 Å². The van der Waals surface area contributed by atoms with Crippen LogP contribution < -0.4 is 15.4 Å². The first kappa shape index (κ1) is 15.6. The number of carbonyl (C=O) groups excluding carboxylic acids is 1. The zero-order valence-electron chi connectivity index (χ0n) is 12.1. The summed E-state index contributed by atoms with van der Waals surface area (Å²) in [5.41, 5.74) is 0.724. The zero-order valence-corrected chi connectivity index (χ0v) is 12.9. The van der Waals surface area contributed by atoms with Crippen molar-refractivity contribution in [3.05, 3.63) is 24.3 Å². The molecule has 1 fully saturated rings. The lowest BCUT2D eigenvalue weighted by Gasteiger charge is -2.19. The molecule has 21 heavy (non-hydrogen) atoms. The summed E-state index contributed by atoms with van der Waals surface area (Å²) in [5.74, 6) is 0.607.